The Morgan fingerprint density at radius 1 is 1.15 bits per heavy atom. The molecule has 0 radical (unpaired) electrons. The fourth-order valence-electron chi connectivity index (χ4n) is 2.23. The van der Waals surface area contributed by atoms with Gasteiger partial charge in [0, 0.05) is 36.1 Å². The number of hydrogen-bond acceptors (Lipinski definition) is 3. The predicted molar refractivity (Wildman–Crippen MR) is 88.1 cm³/mol. The van der Waals surface area contributed by atoms with E-state index in [-0.39, 0.29) is 0 Å². The Kier molecular flexibility index (Phi) is 5.56. The van der Waals surface area contributed by atoms with Crippen LogP contribution in [0.2, 0.25) is 0 Å². The number of nitrogens with zero attached hydrogens (tertiary/aromatic N) is 2. The molecule has 4 heteroatoms. The Labute approximate surface area is 129 Å². The monoisotopic (exact) mass is 333 g/mol. The SMILES string of the molecule is CN(CCc1ccncc1)c1cc(Br)ccc1CCN. The molecule has 0 unspecified atom stereocenters. The number of halogens is 1. The number of anilines is 1. The zero-order valence-electron chi connectivity index (χ0n) is 11.7. The largest absolute Gasteiger partial charge is 0.374 e. The third-order valence-electron chi connectivity index (χ3n) is 3.36. The van der Waals surface area contributed by atoms with Crippen molar-refractivity contribution in [2.75, 3.05) is 25.0 Å². The summed E-state index contributed by atoms with van der Waals surface area (Å²) < 4.78 is 1.10. The number of benzene rings is 1. The minimum atomic E-state index is 0.673. The van der Waals surface area contributed by atoms with Crippen LogP contribution in [-0.2, 0) is 12.8 Å². The Morgan fingerprint density at radius 3 is 2.60 bits per heavy atom. The molecule has 0 aliphatic heterocycles. The van der Waals surface area contributed by atoms with E-state index >= 15 is 0 Å². The lowest BCUT2D eigenvalue weighted by Gasteiger charge is -2.23. The van der Waals surface area contributed by atoms with E-state index in [4.69, 9.17) is 5.73 Å². The summed E-state index contributed by atoms with van der Waals surface area (Å²) in [4.78, 5) is 6.33. The lowest BCUT2D eigenvalue weighted by Crippen LogP contribution is -2.22. The lowest BCUT2D eigenvalue weighted by atomic mass is 10.1. The van der Waals surface area contributed by atoms with Gasteiger partial charge in [0.2, 0.25) is 0 Å². The maximum Gasteiger partial charge on any atom is 0.0408 e. The van der Waals surface area contributed by atoms with E-state index in [2.05, 4.69) is 63.2 Å². The smallest absolute Gasteiger partial charge is 0.0408 e. The molecule has 0 saturated carbocycles. The first kappa shape index (κ1) is 15.0. The number of rotatable bonds is 6. The summed E-state index contributed by atoms with van der Waals surface area (Å²) in [5.74, 6) is 0. The molecule has 0 aliphatic rings. The van der Waals surface area contributed by atoms with Gasteiger partial charge in [-0.2, -0.15) is 0 Å². The minimum Gasteiger partial charge on any atom is -0.374 e. The fraction of sp³-hybridized carbons (Fsp3) is 0.312. The van der Waals surface area contributed by atoms with E-state index in [1.807, 2.05) is 12.4 Å². The Balaban J connectivity index is 2.08. The second-order valence-electron chi connectivity index (χ2n) is 4.84. The van der Waals surface area contributed by atoms with Crippen molar-refractivity contribution >= 4 is 21.6 Å². The molecule has 106 valence electrons. The highest BCUT2D eigenvalue weighted by molar-refractivity contribution is 9.10. The minimum absolute atomic E-state index is 0.673. The van der Waals surface area contributed by atoms with Crippen LogP contribution in [0.5, 0.6) is 0 Å². The van der Waals surface area contributed by atoms with Gasteiger partial charge in [-0.3, -0.25) is 4.98 Å². The molecular weight excluding hydrogens is 314 g/mol. The van der Waals surface area contributed by atoms with Gasteiger partial charge in [-0.15, -0.1) is 0 Å². The van der Waals surface area contributed by atoms with Crippen molar-refractivity contribution in [2.45, 2.75) is 12.8 Å². The number of pyridine rings is 1. The molecule has 0 bridgehead atoms. The Morgan fingerprint density at radius 2 is 1.90 bits per heavy atom. The lowest BCUT2D eigenvalue weighted by molar-refractivity contribution is 0.859. The van der Waals surface area contributed by atoms with Crippen molar-refractivity contribution in [1.82, 2.24) is 4.98 Å². The van der Waals surface area contributed by atoms with Gasteiger partial charge in [-0.05, 0) is 54.8 Å². The molecule has 3 nitrogen and oxygen atoms in total. The number of nitrogens with two attached hydrogens (primary N) is 1. The van der Waals surface area contributed by atoms with Crippen molar-refractivity contribution in [3.05, 3.63) is 58.3 Å². The van der Waals surface area contributed by atoms with Gasteiger partial charge in [-0.1, -0.05) is 22.0 Å². The molecule has 20 heavy (non-hydrogen) atoms. The van der Waals surface area contributed by atoms with E-state index in [0.717, 1.165) is 23.9 Å². The third-order valence-corrected chi connectivity index (χ3v) is 3.85. The van der Waals surface area contributed by atoms with E-state index in [0.29, 0.717) is 6.54 Å². The summed E-state index contributed by atoms with van der Waals surface area (Å²) in [6.45, 7) is 1.64. The molecular formula is C16H20BrN3. The van der Waals surface area contributed by atoms with Crippen LogP contribution in [0.4, 0.5) is 5.69 Å². The average molecular weight is 334 g/mol. The molecule has 1 aromatic carbocycles. The third kappa shape index (κ3) is 4.05. The fourth-order valence-corrected chi connectivity index (χ4v) is 2.57. The van der Waals surface area contributed by atoms with Crippen LogP contribution in [-0.4, -0.2) is 25.1 Å². The molecule has 0 saturated heterocycles. The van der Waals surface area contributed by atoms with E-state index in [9.17, 15) is 0 Å². The normalized spacial score (nSPS) is 10.6. The summed E-state index contributed by atoms with van der Waals surface area (Å²) in [6.07, 6.45) is 5.60. The van der Waals surface area contributed by atoms with Crippen molar-refractivity contribution < 1.29 is 0 Å². The van der Waals surface area contributed by atoms with Crippen molar-refractivity contribution in [3.63, 3.8) is 0 Å². The van der Waals surface area contributed by atoms with Gasteiger partial charge in [-0.25, -0.2) is 0 Å². The molecule has 1 aromatic heterocycles. The van der Waals surface area contributed by atoms with Crippen LogP contribution in [0.1, 0.15) is 11.1 Å². The summed E-state index contributed by atoms with van der Waals surface area (Å²) in [5.41, 5.74) is 9.55. The highest BCUT2D eigenvalue weighted by Crippen LogP contribution is 2.25. The first-order chi connectivity index (χ1) is 9.70. The van der Waals surface area contributed by atoms with Crippen LogP contribution in [0.3, 0.4) is 0 Å². The second-order valence-corrected chi connectivity index (χ2v) is 5.75. The molecule has 1 heterocycles. The highest BCUT2D eigenvalue weighted by Gasteiger charge is 2.08. The van der Waals surface area contributed by atoms with E-state index in [1.54, 1.807) is 0 Å². The van der Waals surface area contributed by atoms with Gasteiger partial charge in [0.05, 0.1) is 0 Å². The molecule has 0 amide bonds. The van der Waals surface area contributed by atoms with Gasteiger partial charge in [0.15, 0.2) is 0 Å². The van der Waals surface area contributed by atoms with Gasteiger partial charge in [0.25, 0.3) is 0 Å². The molecule has 0 aliphatic carbocycles. The first-order valence-electron chi connectivity index (χ1n) is 6.79. The van der Waals surface area contributed by atoms with Crippen molar-refractivity contribution in [1.29, 1.82) is 0 Å². The van der Waals surface area contributed by atoms with Gasteiger partial charge >= 0.3 is 0 Å². The van der Waals surface area contributed by atoms with Crippen LogP contribution in [0.15, 0.2) is 47.2 Å². The maximum absolute atomic E-state index is 5.70. The highest BCUT2D eigenvalue weighted by atomic mass is 79.9. The maximum atomic E-state index is 5.70. The molecule has 2 N–H and O–H groups in total. The molecule has 0 fully saturated rings. The van der Waals surface area contributed by atoms with Crippen LogP contribution in [0, 0.1) is 0 Å². The second kappa shape index (κ2) is 7.41. The Bertz CT molecular complexity index is 543. The topological polar surface area (TPSA) is 42.2 Å². The van der Waals surface area contributed by atoms with Crippen LogP contribution >= 0.6 is 15.9 Å². The van der Waals surface area contributed by atoms with Crippen LogP contribution in [0.25, 0.3) is 0 Å². The zero-order valence-corrected chi connectivity index (χ0v) is 13.3. The summed E-state index contributed by atoms with van der Waals surface area (Å²) >= 11 is 3.55. The molecule has 2 aromatic rings. The van der Waals surface area contributed by atoms with E-state index < -0.39 is 0 Å². The summed E-state index contributed by atoms with van der Waals surface area (Å²) in [5, 5.41) is 0. The first-order valence-corrected chi connectivity index (χ1v) is 7.58. The zero-order chi connectivity index (χ0) is 14.4. The quantitative estimate of drug-likeness (QED) is 0.883. The van der Waals surface area contributed by atoms with Crippen molar-refractivity contribution in [3.8, 4) is 0 Å². The molecule has 0 atom stereocenters. The number of hydrogen-bond donors (Lipinski definition) is 1. The van der Waals surface area contributed by atoms with Gasteiger partial charge < -0.3 is 10.6 Å². The number of likely N-dealkylation sites (N-methyl/N-ethyl adjacent to an activating group) is 1. The van der Waals surface area contributed by atoms with E-state index in [1.165, 1.54) is 16.8 Å². The summed E-state index contributed by atoms with van der Waals surface area (Å²) in [6, 6.07) is 10.5. The number of aromatic nitrogens is 1. The molecule has 0 spiro atoms. The van der Waals surface area contributed by atoms with Crippen LogP contribution < -0.4 is 10.6 Å². The Hall–Kier alpha value is -1.39. The van der Waals surface area contributed by atoms with Crippen molar-refractivity contribution in [2.24, 2.45) is 5.73 Å². The van der Waals surface area contributed by atoms with Gasteiger partial charge in [0.1, 0.15) is 0 Å². The average Bonchev–Trinajstić information content (AvgIpc) is 2.48. The molecule has 2 rings (SSSR count). The standard InChI is InChI=1S/C16H20BrN3/c1-20(11-7-13-5-9-19-10-6-13)16-12-15(17)3-2-14(16)4-8-18/h2-3,5-6,9-10,12H,4,7-8,11,18H2,1H3. The summed E-state index contributed by atoms with van der Waals surface area (Å²) in [7, 11) is 2.13. The predicted octanol–water partition coefficient (Wildman–Crippen LogP) is 3.02.